The number of aliphatic hydroxyl groups is 1. The Morgan fingerprint density at radius 1 is 1.08 bits per heavy atom. The van der Waals surface area contributed by atoms with Gasteiger partial charge in [-0.2, -0.15) is 0 Å². The molecule has 3 aliphatic carbocycles. The summed E-state index contributed by atoms with van der Waals surface area (Å²) in [5.41, 5.74) is 9.69. The first kappa shape index (κ1) is 22.0. The Labute approximate surface area is 213 Å². The van der Waals surface area contributed by atoms with Crippen molar-refractivity contribution < 1.29 is 9.84 Å². The van der Waals surface area contributed by atoms with E-state index in [1.807, 2.05) is 12.4 Å². The molecule has 5 nitrogen and oxygen atoms in total. The smallest absolute Gasteiger partial charge is 0.118 e. The second kappa shape index (κ2) is 7.28. The fourth-order valence-corrected chi connectivity index (χ4v) is 9.48. The number of hydrogen-bond acceptors (Lipinski definition) is 5. The molecule has 2 unspecified atom stereocenters. The lowest BCUT2D eigenvalue weighted by Crippen LogP contribution is -2.68. The van der Waals surface area contributed by atoms with Crippen LogP contribution in [-0.2, 0) is 4.74 Å². The van der Waals surface area contributed by atoms with Crippen LogP contribution in [0.5, 0.6) is 0 Å². The first-order valence-corrected chi connectivity index (χ1v) is 14.1. The van der Waals surface area contributed by atoms with Crippen molar-refractivity contribution >= 4 is 10.8 Å². The van der Waals surface area contributed by atoms with Crippen LogP contribution in [0.1, 0.15) is 63.4 Å². The number of hydrogen-bond donors (Lipinski definition) is 2. The SMILES string of the molecule is C[C@]12CC=C3C=C4CC[C@@H](N5CC(N)C5)[C@@H](O)[C@]45CCC3(O5)[C@@H]1CCC2c1ccc2ccncc2c1. The van der Waals surface area contributed by atoms with Crippen LogP contribution < -0.4 is 5.73 Å². The van der Waals surface area contributed by atoms with Gasteiger partial charge in [0.25, 0.3) is 0 Å². The zero-order chi connectivity index (χ0) is 24.3. The molecule has 1 aromatic carbocycles. The number of aromatic nitrogens is 1. The molecule has 188 valence electrons. The predicted molar refractivity (Wildman–Crippen MR) is 140 cm³/mol. The number of pyridine rings is 1. The molecule has 3 aliphatic heterocycles. The van der Waals surface area contributed by atoms with Crippen molar-refractivity contribution in [3.8, 4) is 0 Å². The molecular formula is C31H37N3O2. The van der Waals surface area contributed by atoms with Gasteiger partial charge in [-0.1, -0.05) is 31.2 Å². The highest BCUT2D eigenvalue weighted by Crippen LogP contribution is 2.69. The number of ether oxygens (including phenoxy) is 1. The summed E-state index contributed by atoms with van der Waals surface area (Å²) in [7, 11) is 0. The van der Waals surface area contributed by atoms with Crippen molar-refractivity contribution in [2.24, 2.45) is 17.1 Å². The number of allylic oxidation sites excluding steroid dienone is 1. The van der Waals surface area contributed by atoms with Crippen molar-refractivity contribution in [2.75, 3.05) is 13.1 Å². The summed E-state index contributed by atoms with van der Waals surface area (Å²) in [5.74, 6) is 0.984. The van der Waals surface area contributed by atoms with Gasteiger partial charge in [0.2, 0.25) is 0 Å². The van der Waals surface area contributed by atoms with Gasteiger partial charge in [0.05, 0.1) is 5.60 Å². The Kier molecular flexibility index (Phi) is 4.45. The first-order valence-electron chi connectivity index (χ1n) is 14.1. The molecule has 2 saturated carbocycles. The third-order valence-corrected chi connectivity index (χ3v) is 11.3. The fraction of sp³-hybridized carbons (Fsp3) is 0.581. The number of nitrogens with zero attached hydrogens (tertiary/aromatic N) is 2. The van der Waals surface area contributed by atoms with E-state index in [2.05, 4.69) is 53.2 Å². The second-order valence-electron chi connectivity index (χ2n) is 12.8. The van der Waals surface area contributed by atoms with Gasteiger partial charge in [0.1, 0.15) is 11.7 Å². The van der Waals surface area contributed by atoms with Gasteiger partial charge in [-0.25, -0.2) is 0 Å². The molecule has 6 aliphatic rings. The molecule has 7 atom stereocenters. The minimum Gasteiger partial charge on any atom is -0.388 e. The number of rotatable bonds is 2. The van der Waals surface area contributed by atoms with E-state index in [9.17, 15) is 5.11 Å². The monoisotopic (exact) mass is 483 g/mol. The summed E-state index contributed by atoms with van der Waals surface area (Å²) in [6, 6.07) is 9.51. The van der Waals surface area contributed by atoms with Crippen LogP contribution >= 0.6 is 0 Å². The van der Waals surface area contributed by atoms with Gasteiger partial charge in [-0.15, -0.1) is 0 Å². The van der Waals surface area contributed by atoms with Gasteiger partial charge < -0.3 is 15.6 Å². The summed E-state index contributed by atoms with van der Waals surface area (Å²) < 4.78 is 7.35. The van der Waals surface area contributed by atoms with E-state index in [-0.39, 0.29) is 23.1 Å². The van der Waals surface area contributed by atoms with Crippen LogP contribution in [-0.4, -0.2) is 57.5 Å². The van der Waals surface area contributed by atoms with Crippen LogP contribution in [0.3, 0.4) is 0 Å². The fourth-order valence-electron chi connectivity index (χ4n) is 9.48. The van der Waals surface area contributed by atoms with E-state index < -0.39 is 11.7 Å². The highest BCUT2D eigenvalue weighted by atomic mass is 16.5. The van der Waals surface area contributed by atoms with E-state index in [0.717, 1.165) is 45.2 Å². The zero-order valence-electron chi connectivity index (χ0n) is 21.2. The van der Waals surface area contributed by atoms with Crippen LogP contribution in [0.4, 0.5) is 0 Å². The zero-order valence-corrected chi connectivity index (χ0v) is 21.2. The third-order valence-electron chi connectivity index (χ3n) is 11.3. The number of fused-ring (bicyclic) bond motifs is 2. The molecule has 2 spiro atoms. The van der Waals surface area contributed by atoms with Crippen molar-refractivity contribution in [2.45, 2.75) is 87.2 Å². The minimum absolute atomic E-state index is 0.152. The lowest BCUT2D eigenvalue weighted by atomic mass is 9.58. The van der Waals surface area contributed by atoms with Crippen LogP contribution in [0.15, 0.2) is 60.0 Å². The van der Waals surface area contributed by atoms with E-state index in [1.54, 1.807) is 0 Å². The lowest BCUT2D eigenvalue weighted by molar-refractivity contribution is -0.189. The van der Waals surface area contributed by atoms with Gasteiger partial charge in [0.15, 0.2) is 0 Å². The largest absolute Gasteiger partial charge is 0.388 e. The highest BCUT2D eigenvalue weighted by Gasteiger charge is 2.69. The molecule has 0 radical (unpaired) electrons. The van der Waals surface area contributed by atoms with Gasteiger partial charge in [-0.05, 0) is 96.4 Å². The average molecular weight is 484 g/mol. The minimum atomic E-state index is -0.509. The second-order valence-corrected chi connectivity index (χ2v) is 12.8. The quantitative estimate of drug-likeness (QED) is 0.660. The maximum absolute atomic E-state index is 11.8. The normalized spacial score (nSPS) is 43.9. The van der Waals surface area contributed by atoms with Crippen molar-refractivity contribution in [1.82, 2.24) is 9.88 Å². The van der Waals surface area contributed by atoms with Crippen molar-refractivity contribution in [3.63, 3.8) is 0 Å². The molecular weight excluding hydrogens is 446 g/mol. The molecule has 2 bridgehead atoms. The van der Waals surface area contributed by atoms with Crippen molar-refractivity contribution in [1.29, 1.82) is 0 Å². The Hall–Kier alpha value is -2.05. The maximum Gasteiger partial charge on any atom is 0.118 e. The van der Waals surface area contributed by atoms with Gasteiger partial charge in [-0.3, -0.25) is 9.88 Å². The summed E-state index contributed by atoms with van der Waals surface area (Å²) in [6.07, 6.45) is 15.8. The first-order chi connectivity index (χ1) is 17.4. The Bertz CT molecular complexity index is 1310. The number of aliphatic hydroxyl groups excluding tert-OH is 1. The van der Waals surface area contributed by atoms with Gasteiger partial charge >= 0.3 is 0 Å². The molecule has 2 aromatic rings. The van der Waals surface area contributed by atoms with Crippen LogP contribution in [0.25, 0.3) is 10.8 Å². The molecule has 8 rings (SSSR count). The molecule has 4 heterocycles. The topological polar surface area (TPSA) is 71.6 Å². The van der Waals surface area contributed by atoms with Crippen molar-refractivity contribution in [3.05, 3.63) is 65.5 Å². The Morgan fingerprint density at radius 3 is 2.81 bits per heavy atom. The summed E-state index contributed by atoms with van der Waals surface area (Å²) >= 11 is 0. The summed E-state index contributed by atoms with van der Waals surface area (Å²) in [5, 5.41) is 14.3. The van der Waals surface area contributed by atoms with Crippen LogP contribution in [0, 0.1) is 11.3 Å². The van der Waals surface area contributed by atoms with Gasteiger partial charge in [0, 0.05) is 43.0 Å². The molecule has 5 heteroatoms. The van der Waals surface area contributed by atoms with E-state index in [1.165, 1.54) is 40.3 Å². The standard InChI is InChI=1S/C31H37N3O2/c1-29-10-8-23-15-22-4-6-26(34-17-24(32)18-34)28(35)31(22)12-11-30(23,36-31)27(29)7-5-25(29)20-3-2-19-9-13-33-16-21(19)14-20/h2-3,8-9,13-16,24-28,35H,4-7,10-12,17-18,32H2,1H3/t25?,26-,27-,28-,29-,30?,31+/m1/s1. The maximum atomic E-state index is 11.8. The Balaban J connectivity index is 1.16. The molecule has 1 aromatic heterocycles. The van der Waals surface area contributed by atoms with Crippen LogP contribution in [0.2, 0.25) is 0 Å². The predicted octanol–water partition coefficient (Wildman–Crippen LogP) is 4.46. The molecule has 3 N–H and O–H groups in total. The van der Waals surface area contributed by atoms with E-state index in [0.29, 0.717) is 11.8 Å². The lowest BCUT2D eigenvalue weighted by Gasteiger charge is -2.57. The van der Waals surface area contributed by atoms with E-state index >= 15 is 0 Å². The average Bonchev–Trinajstić information content (AvgIpc) is 3.39. The third kappa shape index (κ3) is 2.68. The Morgan fingerprint density at radius 2 is 1.94 bits per heavy atom. The summed E-state index contributed by atoms with van der Waals surface area (Å²) in [6.45, 7) is 4.31. The summed E-state index contributed by atoms with van der Waals surface area (Å²) in [4.78, 5) is 6.77. The molecule has 2 saturated heterocycles. The number of benzene rings is 1. The molecule has 0 amide bonds. The molecule has 4 fully saturated rings. The molecule has 36 heavy (non-hydrogen) atoms. The van der Waals surface area contributed by atoms with E-state index in [4.69, 9.17) is 10.5 Å². The number of nitrogens with two attached hydrogens (primary N) is 1. The number of likely N-dealkylation sites (tertiary alicyclic amines) is 1. The highest BCUT2D eigenvalue weighted by molar-refractivity contribution is 5.82.